The Morgan fingerprint density at radius 1 is 1.50 bits per heavy atom. The first kappa shape index (κ1) is 11.6. The molecule has 0 aliphatic heterocycles. The third kappa shape index (κ3) is 2.75. The Hall–Kier alpha value is -0.480. The van der Waals surface area contributed by atoms with Crippen LogP contribution in [0.2, 0.25) is 0 Å². The summed E-state index contributed by atoms with van der Waals surface area (Å²) in [6.07, 6.45) is 6.03. The molecule has 1 aliphatic carbocycles. The van der Waals surface area contributed by atoms with Crippen molar-refractivity contribution in [3.63, 3.8) is 0 Å². The standard InChI is InChI=1S/C13H23N/c1-4-5-6-9-12(14)11-8-7-10-13(11,2)3/h11-12H,6-10,14H2,1-3H3. The molecule has 0 spiro atoms. The van der Waals surface area contributed by atoms with E-state index in [9.17, 15) is 0 Å². The van der Waals surface area contributed by atoms with Crippen LogP contribution in [0, 0.1) is 23.2 Å². The van der Waals surface area contributed by atoms with E-state index in [1.54, 1.807) is 0 Å². The zero-order chi connectivity index (χ0) is 10.6. The summed E-state index contributed by atoms with van der Waals surface area (Å²) in [6, 6.07) is 0.355. The zero-order valence-corrected chi connectivity index (χ0v) is 9.77. The molecule has 0 aromatic heterocycles. The molecular weight excluding hydrogens is 170 g/mol. The van der Waals surface area contributed by atoms with Gasteiger partial charge in [0.2, 0.25) is 0 Å². The van der Waals surface area contributed by atoms with Crippen LogP contribution >= 0.6 is 0 Å². The number of hydrogen-bond donors (Lipinski definition) is 1. The van der Waals surface area contributed by atoms with E-state index in [0.29, 0.717) is 17.4 Å². The van der Waals surface area contributed by atoms with Gasteiger partial charge in [-0.1, -0.05) is 20.3 Å². The fourth-order valence-corrected chi connectivity index (χ4v) is 2.71. The molecule has 1 saturated carbocycles. The maximum absolute atomic E-state index is 6.23. The SMILES string of the molecule is CC#CCCC(N)C1CCCC1(C)C. The van der Waals surface area contributed by atoms with Crippen LogP contribution in [0.25, 0.3) is 0 Å². The topological polar surface area (TPSA) is 26.0 Å². The predicted molar refractivity (Wildman–Crippen MR) is 61.8 cm³/mol. The monoisotopic (exact) mass is 193 g/mol. The van der Waals surface area contributed by atoms with Crippen molar-refractivity contribution in [1.82, 2.24) is 0 Å². The average Bonchev–Trinajstić information content (AvgIpc) is 2.45. The first-order chi connectivity index (χ1) is 6.58. The maximum atomic E-state index is 6.23. The Kier molecular flexibility index (Phi) is 4.01. The minimum atomic E-state index is 0.355. The van der Waals surface area contributed by atoms with Gasteiger partial charge < -0.3 is 5.73 Å². The highest BCUT2D eigenvalue weighted by atomic mass is 14.7. The van der Waals surface area contributed by atoms with Gasteiger partial charge >= 0.3 is 0 Å². The third-order valence-corrected chi connectivity index (χ3v) is 3.64. The van der Waals surface area contributed by atoms with Gasteiger partial charge in [0.15, 0.2) is 0 Å². The van der Waals surface area contributed by atoms with Crippen molar-refractivity contribution in [3.05, 3.63) is 0 Å². The molecule has 0 heterocycles. The molecule has 80 valence electrons. The quantitative estimate of drug-likeness (QED) is 0.685. The van der Waals surface area contributed by atoms with E-state index in [1.807, 2.05) is 6.92 Å². The van der Waals surface area contributed by atoms with Crippen LogP contribution in [0.15, 0.2) is 0 Å². The van der Waals surface area contributed by atoms with Gasteiger partial charge in [-0.05, 0) is 37.5 Å². The lowest BCUT2D eigenvalue weighted by Gasteiger charge is -2.31. The Morgan fingerprint density at radius 3 is 2.71 bits per heavy atom. The second-order valence-corrected chi connectivity index (χ2v) is 5.12. The van der Waals surface area contributed by atoms with Crippen LogP contribution in [0.3, 0.4) is 0 Å². The minimum absolute atomic E-state index is 0.355. The molecule has 2 unspecified atom stereocenters. The third-order valence-electron chi connectivity index (χ3n) is 3.64. The summed E-state index contributed by atoms with van der Waals surface area (Å²) in [5.41, 5.74) is 6.68. The predicted octanol–water partition coefficient (Wildman–Crippen LogP) is 2.94. The fourth-order valence-electron chi connectivity index (χ4n) is 2.71. The van der Waals surface area contributed by atoms with Crippen LogP contribution < -0.4 is 5.73 Å². The van der Waals surface area contributed by atoms with Crippen LogP contribution in [0.4, 0.5) is 0 Å². The van der Waals surface area contributed by atoms with Crippen molar-refractivity contribution >= 4 is 0 Å². The van der Waals surface area contributed by atoms with Crippen molar-refractivity contribution in [3.8, 4) is 11.8 Å². The molecule has 0 bridgehead atoms. The van der Waals surface area contributed by atoms with Gasteiger partial charge in [-0.3, -0.25) is 0 Å². The second kappa shape index (κ2) is 4.84. The zero-order valence-electron chi connectivity index (χ0n) is 9.77. The summed E-state index contributed by atoms with van der Waals surface area (Å²) in [5, 5.41) is 0. The van der Waals surface area contributed by atoms with E-state index in [4.69, 9.17) is 5.73 Å². The minimum Gasteiger partial charge on any atom is -0.327 e. The van der Waals surface area contributed by atoms with Crippen molar-refractivity contribution in [2.75, 3.05) is 0 Å². The van der Waals surface area contributed by atoms with Gasteiger partial charge in [0.05, 0.1) is 0 Å². The number of nitrogens with two attached hydrogens (primary N) is 1. The van der Waals surface area contributed by atoms with Gasteiger partial charge in [-0.2, -0.15) is 0 Å². The molecule has 0 aromatic rings. The maximum Gasteiger partial charge on any atom is 0.0103 e. The summed E-state index contributed by atoms with van der Waals surface area (Å²) < 4.78 is 0. The smallest absolute Gasteiger partial charge is 0.0103 e. The van der Waals surface area contributed by atoms with E-state index in [1.165, 1.54) is 19.3 Å². The summed E-state index contributed by atoms with van der Waals surface area (Å²) in [6.45, 7) is 6.61. The molecule has 1 fully saturated rings. The van der Waals surface area contributed by atoms with Gasteiger partial charge in [0.25, 0.3) is 0 Å². The first-order valence-corrected chi connectivity index (χ1v) is 5.73. The lowest BCUT2D eigenvalue weighted by atomic mass is 9.76. The van der Waals surface area contributed by atoms with E-state index < -0.39 is 0 Å². The highest BCUT2D eigenvalue weighted by Crippen LogP contribution is 2.44. The molecule has 1 nitrogen and oxygen atoms in total. The Balaban J connectivity index is 2.42. The molecular formula is C13H23N. The Morgan fingerprint density at radius 2 is 2.21 bits per heavy atom. The van der Waals surface area contributed by atoms with Crippen molar-refractivity contribution in [2.24, 2.45) is 17.1 Å². The summed E-state index contributed by atoms with van der Waals surface area (Å²) in [7, 11) is 0. The van der Waals surface area contributed by atoms with Gasteiger partial charge in [0, 0.05) is 12.5 Å². The van der Waals surface area contributed by atoms with Crippen molar-refractivity contribution in [2.45, 2.75) is 58.9 Å². The molecule has 1 heteroatoms. The lowest BCUT2D eigenvalue weighted by molar-refractivity contribution is 0.215. The largest absolute Gasteiger partial charge is 0.327 e. The summed E-state index contributed by atoms with van der Waals surface area (Å²) in [5.74, 6) is 6.74. The highest BCUT2D eigenvalue weighted by molar-refractivity contribution is 4.97. The van der Waals surface area contributed by atoms with Gasteiger partial charge in [-0.25, -0.2) is 0 Å². The second-order valence-electron chi connectivity index (χ2n) is 5.12. The molecule has 2 N–H and O–H groups in total. The molecule has 1 rings (SSSR count). The number of rotatable bonds is 3. The molecule has 14 heavy (non-hydrogen) atoms. The van der Waals surface area contributed by atoms with Crippen LogP contribution in [0.1, 0.15) is 52.9 Å². The highest BCUT2D eigenvalue weighted by Gasteiger charge is 2.37. The lowest BCUT2D eigenvalue weighted by Crippen LogP contribution is -2.36. The van der Waals surface area contributed by atoms with E-state index in [-0.39, 0.29) is 0 Å². The molecule has 0 amide bonds. The van der Waals surface area contributed by atoms with Crippen LogP contribution in [0.5, 0.6) is 0 Å². The normalized spacial score (nSPS) is 26.7. The summed E-state index contributed by atoms with van der Waals surface area (Å²) >= 11 is 0. The fraction of sp³-hybridized carbons (Fsp3) is 0.846. The molecule has 0 radical (unpaired) electrons. The van der Waals surface area contributed by atoms with Gasteiger partial charge in [-0.15, -0.1) is 11.8 Å². The van der Waals surface area contributed by atoms with Crippen molar-refractivity contribution < 1.29 is 0 Å². The average molecular weight is 193 g/mol. The van der Waals surface area contributed by atoms with E-state index >= 15 is 0 Å². The van der Waals surface area contributed by atoms with Crippen LogP contribution in [-0.4, -0.2) is 6.04 Å². The molecule has 1 aliphatic rings. The van der Waals surface area contributed by atoms with E-state index in [2.05, 4.69) is 25.7 Å². The van der Waals surface area contributed by atoms with Crippen molar-refractivity contribution in [1.29, 1.82) is 0 Å². The Bertz CT molecular complexity index is 231. The first-order valence-electron chi connectivity index (χ1n) is 5.73. The van der Waals surface area contributed by atoms with E-state index in [0.717, 1.165) is 12.8 Å². The molecule has 2 atom stereocenters. The molecule has 0 saturated heterocycles. The molecule has 0 aromatic carbocycles. The number of hydrogen-bond acceptors (Lipinski definition) is 1. The Labute approximate surface area is 88.5 Å². The van der Waals surface area contributed by atoms with Gasteiger partial charge in [0.1, 0.15) is 0 Å². The summed E-state index contributed by atoms with van der Waals surface area (Å²) in [4.78, 5) is 0. The van der Waals surface area contributed by atoms with Crippen LogP contribution in [-0.2, 0) is 0 Å².